The van der Waals surface area contributed by atoms with E-state index in [-0.39, 0.29) is 0 Å². The van der Waals surface area contributed by atoms with Gasteiger partial charge in [-0.05, 0) is 36.7 Å². The average molecular weight is 342 g/mol. The molecular formula is C12H16BrN5S. The maximum atomic E-state index is 5.73. The van der Waals surface area contributed by atoms with Crippen LogP contribution in [-0.2, 0) is 12.3 Å². The number of anilines is 1. The SMILES string of the molecule is CCn1nc(C)c(Br)c1CSc1nc(C)cc(N)n1. The molecule has 0 spiro atoms. The Morgan fingerprint density at radius 1 is 1.37 bits per heavy atom. The molecule has 2 heterocycles. The van der Waals surface area contributed by atoms with Gasteiger partial charge in [-0.3, -0.25) is 4.68 Å². The van der Waals surface area contributed by atoms with Gasteiger partial charge in [0.15, 0.2) is 5.16 Å². The quantitative estimate of drug-likeness (QED) is 0.683. The lowest BCUT2D eigenvalue weighted by Gasteiger charge is -2.05. The van der Waals surface area contributed by atoms with Crippen molar-refractivity contribution in [1.29, 1.82) is 0 Å². The molecule has 2 rings (SSSR count). The summed E-state index contributed by atoms with van der Waals surface area (Å²) in [5, 5.41) is 5.17. The van der Waals surface area contributed by atoms with Crippen molar-refractivity contribution >= 4 is 33.5 Å². The minimum Gasteiger partial charge on any atom is -0.384 e. The largest absolute Gasteiger partial charge is 0.384 e. The standard InChI is InChI=1S/C12H16BrN5S/c1-4-18-9(11(13)8(3)17-18)6-19-12-15-7(2)5-10(14)16-12/h5H,4,6H2,1-3H3,(H2,14,15,16). The summed E-state index contributed by atoms with van der Waals surface area (Å²) in [4.78, 5) is 8.59. The van der Waals surface area contributed by atoms with Crippen molar-refractivity contribution < 1.29 is 0 Å². The molecule has 0 aliphatic heterocycles. The highest BCUT2D eigenvalue weighted by Crippen LogP contribution is 2.27. The second-order valence-electron chi connectivity index (χ2n) is 4.17. The summed E-state index contributed by atoms with van der Waals surface area (Å²) in [5.74, 6) is 1.27. The maximum absolute atomic E-state index is 5.73. The van der Waals surface area contributed by atoms with E-state index in [4.69, 9.17) is 5.73 Å². The summed E-state index contributed by atoms with van der Waals surface area (Å²) in [6.07, 6.45) is 0. The van der Waals surface area contributed by atoms with Crippen molar-refractivity contribution in [3.8, 4) is 0 Å². The summed E-state index contributed by atoms with van der Waals surface area (Å²) in [7, 11) is 0. The Labute approximate surface area is 125 Å². The van der Waals surface area contributed by atoms with Crippen molar-refractivity contribution in [3.05, 3.63) is 27.6 Å². The van der Waals surface area contributed by atoms with Crippen molar-refractivity contribution in [1.82, 2.24) is 19.7 Å². The summed E-state index contributed by atoms with van der Waals surface area (Å²) in [5.41, 5.74) is 8.76. The van der Waals surface area contributed by atoms with Crippen molar-refractivity contribution in [2.75, 3.05) is 5.73 Å². The highest BCUT2D eigenvalue weighted by atomic mass is 79.9. The van der Waals surface area contributed by atoms with Crippen molar-refractivity contribution in [2.45, 2.75) is 38.2 Å². The van der Waals surface area contributed by atoms with Crippen molar-refractivity contribution in [2.24, 2.45) is 0 Å². The molecule has 0 aliphatic carbocycles. The molecular weight excluding hydrogens is 326 g/mol. The van der Waals surface area contributed by atoms with E-state index in [0.717, 1.165) is 33.9 Å². The first-order chi connectivity index (χ1) is 9.01. The Bertz CT molecular complexity index is 576. The number of nitrogens with two attached hydrogens (primary N) is 1. The number of hydrogen-bond acceptors (Lipinski definition) is 5. The number of aryl methyl sites for hydroxylation is 3. The van der Waals surface area contributed by atoms with Crippen LogP contribution in [0.1, 0.15) is 24.0 Å². The number of thioether (sulfide) groups is 1. The molecule has 0 bridgehead atoms. The van der Waals surface area contributed by atoms with E-state index < -0.39 is 0 Å². The van der Waals surface area contributed by atoms with Crippen LogP contribution in [0.4, 0.5) is 5.82 Å². The molecule has 2 aromatic heterocycles. The third-order valence-corrected chi connectivity index (χ3v) is 4.53. The number of halogens is 1. The van der Waals surface area contributed by atoms with Gasteiger partial charge in [0, 0.05) is 24.1 Å². The molecule has 7 heteroatoms. The fraction of sp³-hybridized carbons (Fsp3) is 0.417. The number of aromatic nitrogens is 4. The van der Waals surface area contributed by atoms with Crippen LogP contribution in [0.15, 0.2) is 15.7 Å². The van der Waals surface area contributed by atoms with Crippen LogP contribution in [0.25, 0.3) is 0 Å². The molecule has 2 aromatic rings. The predicted octanol–water partition coefficient (Wildman–Crippen LogP) is 2.95. The van der Waals surface area contributed by atoms with E-state index in [1.54, 1.807) is 17.8 Å². The zero-order valence-corrected chi connectivity index (χ0v) is 13.5. The Hall–Kier alpha value is -1.08. The minimum absolute atomic E-state index is 0.509. The monoisotopic (exact) mass is 341 g/mol. The fourth-order valence-electron chi connectivity index (χ4n) is 1.77. The topological polar surface area (TPSA) is 69.6 Å². The van der Waals surface area contributed by atoms with E-state index in [2.05, 4.69) is 37.9 Å². The summed E-state index contributed by atoms with van der Waals surface area (Å²) in [6, 6.07) is 1.76. The van der Waals surface area contributed by atoms with E-state index in [1.165, 1.54) is 0 Å². The van der Waals surface area contributed by atoms with Gasteiger partial charge >= 0.3 is 0 Å². The summed E-state index contributed by atoms with van der Waals surface area (Å²) >= 11 is 5.15. The minimum atomic E-state index is 0.509. The molecule has 0 aromatic carbocycles. The predicted molar refractivity (Wildman–Crippen MR) is 81.1 cm³/mol. The number of rotatable bonds is 4. The Kier molecular flexibility index (Phi) is 4.46. The van der Waals surface area contributed by atoms with E-state index in [1.807, 2.05) is 18.5 Å². The van der Waals surface area contributed by atoms with Crippen LogP contribution in [0.5, 0.6) is 0 Å². The number of nitrogen functional groups attached to an aromatic ring is 1. The lowest BCUT2D eigenvalue weighted by molar-refractivity contribution is 0.631. The van der Waals surface area contributed by atoms with Crippen LogP contribution in [0.3, 0.4) is 0 Å². The first-order valence-corrected chi connectivity index (χ1v) is 7.74. The molecule has 0 aliphatic rings. The summed E-state index contributed by atoms with van der Waals surface area (Å²) in [6.45, 7) is 6.83. The van der Waals surface area contributed by atoms with Crippen LogP contribution in [-0.4, -0.2) is 19.7 Å². The molecule has 0 saturated heterocycles. The lowest BCUT2D eigenvalue weighted by atomic mass is 10.4. The molecule has 0 radical (unpaired) electrons. The Morgan fingerprint density at radius 3 is 2.74 bits per heavy atom. The van der Waals surface area contributed by atoms with Gasteiger partial charge in [0.25, 0.3) is 0 Å². The number of nitrogens with zero attached hydrogens (tertiary/aromatic N) is 4. The highest BCUT2D eigenvalue weighted by molar-refractivity contribution is 9.10. The Balaban J connectivity index is 2.18. The van der Waals surface area contributed by atoms with E-state index in [9.17, 15) is 0 Å². The van der Waals surface area contributed by atoms with Crippen LogP contribution < -0.4 is 5.73 Å². The van der Waals surface area contributed by atoms with Crippen LogP contribution >= 0.6 is 27.7 Å². The maximum Gasteiger partial charge on any atom is 0.190 e. The summed E-state index contributed by atoms with van der Waals surface area (Å²) < 4.78 is 3.05. The second-order valence-corrected chi connectivity index (χ2v) is 5.90. The Morgan fingerprint density at radius 2 is 2.11 bits per heavy atom. The van der Waals surface area contributed by atoms with Gasteiger partial charge in [0.1, 0.15) is 5.82 Å². The van der Waals surface area contributed by atoms with Gasteiger partial charge in [0.2, 0.25) is 0 Å². The lowest BCUT2D eigenvalue weighted by Crippen LogP contribution is -2.02. The van der Waals surface area contributed by atoms with Gasteiger partial charge in [-0.2, -0.15) is 5.10 Å². The molecule has 2 N–H and O–H groups in total. The molecule has 5 nitrogen and oxygen atoms in total. The molecule has 19 heavy (non-hydrogen) atoms. The zero-order chi connectivity index (χ0) is 14.0. The van der Waals surface area contributed by atoms with Crippen LogP contribution in [0, 0.1) is 13.8 Å². The zero-order valence-electron chi connectivity index (χ0n) is 11.1. The normalized spacial score (nSPS) is 10.9. The van der Waals surface area contributed by atoms with Gasteiger partial charge in [-0.1, -0.05) is 11.8 Å². The van der Waals surface area contributed by atoms with Gasteiger partial charge in [-0.25, -0.2) is 9.97 Å². The molecule has 0 fully saturated rings. The fourth-order valence-corrected chi connectivity index (χ4v) is 3.32. The smallest absolute Gasteiger partial charge is 0.190 e. The van der Waals surface area contributed by atoms with E-state index in [0.29, 0.717) is 11.0 Å². The van der Waals surface area contributed by atoms with E-state index >= 15 is 0 Å². The second kappa shape index (κ2) is 5.92. The first-order valence-electron chi connectivity index (χ1n) is 5.97. The number of hydrogen-bond donors (Lipinski definition) is 1. The average Bonchev–Trinajstić information content (AvgIpc) is 2.62. The third-order valence-electron chi connectivity index (χ3n) is 2.64. The van der Waals surface area contributed by atoms with Gasteiger partial charge < -0.3 is 5.73 Å². The van der Waals surface area contributed by atoms with Crippen LogP contribution in [0.2, 0.25) is 0 Å². The molecule has 0 unspecified atom stereocenters. The highest BCUT2D eigenvalue weighted by Gasteiger charge is 2.13. The van der Waals surface area contributed by atoms with Gasteiger partial charge in [-0.15, -0.1) is 0 Å². The third kappa shape index (κ3) is 3.27. The van der Waals surface area contributed by atoms with Gasteiger partial charge in [0.05, 0.1) is 15.9 Å². The molecule has 0 atom stereocenters. The first kappa shape index (κ1) is 14.3. The molecule has 0 amide bonds. The van der Waals surface area contributed by atoms with Crippen molar-refractivity contribution in [3.63, 3.8) is 0 Å². The molecule has 102 valence electrons. The molecule has 0 saturated carbocycles.